The highest BCUT2D eigenvalue weighted by atomic mass is 16.4. The number of carboxylic acid groups (broad SMARTS) is 1. The summed E-state index contributed by atoms with van der Waals surface area (Å²) in [6.07, 6.45) is 3.60. The maximum Gasteiger partial charge on any atom is 0.335 e. The number of nitrogens with one attached hydrogen (secondary N) is 2. The van der Waals surface area contributed by atoms with Crippen LogP contribution in [0.3, 0.4) is 0 Å². The predicted molar refractivity (Wildman–Crippen MR) is 97.5 cm³/mol. The fourth-order valence-corrected chi connectivity index (χ4v) is 3.27. The molecule has 1 aromatic carbocycles. The van der Waals surface area contributed by atoms with E-state index in [4.69, 9.17) is 5.11 Å². The molecule has 0 amide bonds. The van der Waals surface area contributed by atoms with E-state index in [0.717, 1.165) is 29.1 Å². The second-order valence-corrected chi connectivity index (χ2v) is 6.22. The summed E-state index contributed by atoms with van der Waals surface area (Å²) in [6.45, 7) is 0.794. The van der Waals surface area contributed by atoms with Crippen LogP contribution in [0.25, 0.3) is 11.3 Å². The second-order valence-electron chi connectivity index (χ2n) is 6.22. The van der Waals surface area contributed by atoms with Gasteiger partial charge in [0, 0.05) is 30.4 Å². The average molecular weight is 346 g/mol. The molecule has 2 aromatic heterocycles. The zero-order valence-electron chi connectivity index (χ0n) is 14.0. The van der Waals surface area contributed by atoms with E-state index >= 15 is 0 Å². The molecule has 26 heavy (non-hydrogen) atoms. The Morgan fingerprint density at radius 2 is 1.88 bits per heavy atom. The largest absolute Gasteiger partial charge is 0.478 e. The molecule has 2 atom stereocenters. The van der Waals surface area contributed by atoms with E-state index in [2.05, 4.69) is 26.9 Å². The minimum absolute atomic E-state index is 0.0841. The van der Waals surface area contributed by atoms with Crippen molar-refractivity contribution < 1.29 is 9.90 Å². The van der Waals surface area contributed by atoms with Crippen molar-refractivity contribution in [3.63, 3.8) is 0 Å². The standard InChI is InChI=1S/C20H18N4O2/c25-20(26)14-6-4-13(5-7-14)18-11-15(8-10-22-18)16-12-23-24-19(16)17-3-1-2-9-21-17/h1-11,16,19,23-24H,12H2,(H,25,26). The first-order valence-electron chi connectivity index (χ1n) is 8.41. The summed E-state index contributed by atoms with van der Waals surface area (Å²) in [5.41, 5.74) is 10.7. The molecular weight excluding hydrogens is 328 g/mol. The number of benzene rings is 1. The average Bonchev–Trinajstić information content (AvgIpc) is 3.19. The molecule has 4 rings (SSSR count). The summed E-state index contributed by atoms with van der Waals surface area (Å²) in [6, 6.07) is 16.9. The monoisotopic (exact) mass is 346 g/mol. The van der Waals surface area contributed by atoms with Crippen molar-refractivity contribution in [3.8, 4) is 11.3 Å². The van der Waals surface area contributed by atoms with E-state index in [-0.39, 0.29) is 17.5 Å². The lowest BCUT2D eigenvalue weighted by atomic mass is 9.90. The Labute approximate surface area is 150 Å². The maximum atomic E-state index is 11.0. The first kappa shape index (κ1) is 16.4. The van der Waals surface area contributed by atoms with Gasteiger partial charge in [0.05, 0.1) is 23.0 Å². The molecule has 3 N–H and O–H groups in total. The van der Waals surface area contributed by atoms with Gasteiger partial charge in [-0.1, -0.05) is 18.2 Å². The smallest absolute Gasteiger partial charge is 0.335 e. The molecule has 0 aliphatic carbocycles. The Morgan fingerprint density at radius 3 is 2.62 bits per heavy atom. The molecule has 1 aliphatic heterocycles. The van der Waals surface area contributed by atoms with Gasteiger partial charge in [-0.3, -0.25) is 15.4 Å². The van der Waals surface area contributed by atoms with Gasteiger partial charge in [0.1, 0.15) is 0 Å². The van der Waals surface area contributed by atoms with Crippen molar-refractivity contribution in [1.29, 1.82) is 0 Å². The first-order valence-corrected chi connectivity index (χ1v) is 8.41. The molecule has 3 heterocycles. The number of carbonyl (C=O) groups is 1. The second kappa shape index (κ2) is 7.03. The van der Waals surface area contributed by atoms with E-state index in [9.17, 15) is 4.79 Å². The van der Waals surface area contributed by atoms with Crippen LogP contribution in [-0.2, 0) is 0 Å². The summed E-state index contributed by atoms with van der Waals surface area (Å²) >= 11 is 0. The van der Waals surface area contributed by atoms with Gasteiger partial charge in [0.25, 0.3) is 0 Å². The number of aromatic carboxylic acids is 1. The molecule has 3 aromatic rings. The lowest BCUT2D eigenvalue weighted by molar-refractivity contribution is 0.0697. The lowest BCUT2D eigenvalue weighted by Crippen LogP contribution is -2.25. The van der Waals surface area contributed by atoms with Gasteiger partial charge in [-0.15, -0.1) is 0 Å². The van der Waals surface area contributed by atoms with Crippen molar-refractivity contribution in [2.75, 3.05) is 6.54 Å². The van der Waals surface area contributed by atoms with E-state index in [1.54, 1.807) is 36.7 Å². The van der Waals surface area contributed by atoms with Gasteiger partial charge in [0.15, 0.2) is 0 Å². The molecule has 0 radical (unpaired) electrons. The zero-order valence-corrected chi connectivity index (χ0v) is 14.0. The number of hydrogen-bond donors (Lipinski definition) is 3. The van der Waals surface area contributed by atoms with Crippen LogP contribution in [0, 0.1) is 0 Å². The van der Waals surface area contributed by atoms with Crippen LogP contribution < -0.4 is 10.9 Å². The van der Waals surface area contributed by atoms with Gasteiger partial charge in [-0.2, -0.15) is 0 Å². The van der Waals surface area contributed by atoms with Crippen molar-refractivity contribution in [2.24, 2.45) is 0 Å². The summed E-state index contributed by atoms with van der Waals surface area (Å²) in [5.74, 6) is -0.704. The van der Waals surface area contributed by atoms with Crippen molar-refractivity contribution in [1.82, 2.24) is 20.8 Å². The lowest BCUT2D eigenvalue weighted by Gasteiger charge is -2.18. The third-order valence-electron chi connectivity index (χ3n) is 4.63. The number of nitrogens with zero attached hydrogens (tertiary/aromatic N) is 2. The molecular formula is C20H18N4O2. The maximum absolute atomic E-state index is 11.0. The Kier molecular flexibility index (Phi) is 4.43. The number of hydrazine groups is 1. The Hall–Kier alpha value is -3.09. The van der Waals surface area contributed by atoms with Crippen LogP contribution in [0.2, 0.25) is 0 Å². The quantitative estimate of drug-likeness (QED) is 0.673. The predicted octanol–water partition coefficient (Wildman–Crippen LogP) is 2.77. The van der Waals surface area contributed by atoms with Crippen LogP contribution >= 0.6 is 0 Å². The highest BCUT2D eigenvalue weighted by Crippen LogP contribution is 2.33. The number of carboxylic acids is 1. The molecule has 0 spiro atoms. The van der Waals surface area contributed by atoms with Crippen LogP contribution in [-0.4, -0.2) is 27.6 Å². The summed E-state index contributed by atoms with van der Waals surface area (Å²) < 4.78 is 0. The van der Waals surface area contributed by atoms with E-state index in [0.29, 0.717) is 0 Å². The third-order valence-corrected chi connectivity index (χ3v) is 4.63. The minimum atomic E-state index is -0.931. The van der Waals surface area contributed by atoms with Crippen molar-refractivity contribution in [2.45, 2.75) is 12.0 Å². The molecule has 6 nitrogen and oxygen atoms in total. The van der Waals surface area contributed by atoms with Crippen LogP contribution in [0.4, 0.5) is 0 Å². The number of pyridine rings is 2. The molecule has 6 heteroatoms. The number of hydrogen-bond acceptors (Lipinski definition) is 5. The fourth-order valence-electron chi connectivity index (χ4n) is 3.27. The van der Waals surface area contributed by atoms with E-state index < -0.39 is 5.97 Å². The minimum Gasteiger partial charge on any atom is -0.478 e. The molecule has 0 saturated carbocycles. The Morgan fingerprint density at radius 1 is 1.04 bits per heavy atom. The highest BCUT2D eigenvalue weighted by molar-refractivity contribution is 5.88. The molecule has 1 fully saturated rings. The van der Waals surface area contributed by atoms with Crippen LogP contribution in [0.15, 0.2) is 67.0 Å². The summed E-state index contributed by atoms with van der Waals surface area (Å²) in [5, 5.41) is 9.04. The van der Waals surface area contributed by atoms with Gasteiger partial charge >= 0.3 is 5.97 Å². The van der Waals surface area contributed by atoms with E-state index in [1.807, 2.05) is 24.3 Å². The van der Waals surface area contributed by atoms with Gasteiger partial charge in [-0.05, 0) is 42.0 Å². The Balaban J connectivity index is 1.64. The summed E-state index contributed by atoms with van der Waals surface area (Å²) in [7, 11) is 0. The molecule has 2 unspecified atom stereocenters. The van der Waals surface area contributed by atoms with Crippen LogP contribution in [0.5, 0.6) is 0 Å². The summed E-state index contributed by atoms with van der Waals surface area (Å²) in [4.78, 5) is 19.9. The van der Waals surface area contributed by atoms with Crippen molar-refractivity contribution in [3.05, 3.63) is 83.8 Å². The van der Waals surface area contributed by atoms with Crippen LogP contribution in [0.1, 0.15) is 33.6 Å². The number of aromatic nitrogens is 2. The number of rotatable bonds is 4. The third kappa shape index (κ3) is 3.20. The SMILES string of the molecule is O=C(O)c1ccc(-c2cc(C3CNNC3c3ccccn3)ccn2)cc1. The van der Waals surface area contributed by atoms with Gasteiger partial charge in [-0.25, -0.2) is 10.2 Å². The van der Waals surface area contributed by atoms with E-state index in [1.165, 1.54) is 0 Å². The van der Waals surface area contributed by atoms with Gasteiger partial charge in [0.2, 0.25) is 0 Å². The normalized spacial score (nSPS) is 19.4. The molecule has 0 bridgehead atoms. The molecule has 1 saturated heterocycles. The fraction of sp³-hybridized carbons (Fsp3) is 0.150. The molecule has 1 aliphatic rings. The van der Waals surface area contributed by atoms with Crippen molar-refractivity contribution >= 4 is 5.97 Å². The zero-order chi connectivity index (χ0) is 17.9. The first-order chi connectivity index (χ1) is 12.7. The topological polar surface area (TPSA) is 87.1 Å². The Bertz CT molecular complexity index is 913. The molecule has 130 valence electrons. The van der Waals surface area contributed by atoms with Gasteiger partial charge < -0.3 is 5.11 Å². The highest BCUT2D eigenvalue weighted by Gasteiger charge is 2.30.